The van der Waals surface area contributed by atoms with Gasteiger partial charge in [-0.05, 0) is 81.6 Å². The number of rotatable bonds is 4. The van der Waals surface area contributed by atoms with Crippen molar-refractivity contribution in [3.63, 3.8) is 0 Å². The molecule has 0 spiro atoms. The fourth-order valence-electron chi connectivity index (χ4n) is 7.49. The summed E-state index contributed by atoms with van der Waals surface area (Å²) in [5.74, 6) is -1.44. The quantitative estimate of drug-likeness (QED) is 0.117. The van der Waals surface area contributed by atoms with Crippen molar-refractivity contribution in [3.8, 4) is 0 Å². The molecule has 0 atom stereocenters. The van der Waals surface area contributed by atoms with Crippen LogP contribution in [-0.4, -0.2) is 33.4 Å². The van der Waals surface area contributed by atoms with Crippen LogP contribution in [0.15, 0.2) is 109 Å². The number of benzene rings is 7. The summed E-state index contributed by atoms with van der Waals surface area (Å²) >= 11 is 0. The fraction of sp³-hybridized carbons (Fsp3) is 0.0500. The second kappa shape index (κ2) is 9.31. The van der Waals surface area contributed by atoms with Crippen LogP contribution in [0.4, 0.5) is 0 Å². The molecule has 0 N–H and O–H groups in total. The highest BCUT2D eigenvalue weighted by Crippen LogP contribution is 2.47. The van der Waals surface area contributed by atoms with Crippen molar-refractivity contribution in [2.75, 3.05) is 0 Å². The van der Waals surface area contributed by atoms with Crippen LogP contribution in [-0.2, 0) is 0 Å². The largest absolute Gasteiger partial charge is 0.269 e. The molecular weight excluding hydrogens is 572 g/mol. The number of fused-ring (bicyclic) bond motifs is 2. The molecule has 0 saturated carbocycles. The lowest BCUT2D eigenvalue weighted by Crippen LogP contribution is -2.42. The maximum Gasteiger partial charge on any atom is 0.262 e. The first-order valence-electron chi connectivity index (χ1n) is 15.1. The van der Waals surface area contributed by atoms with Crippen LogP contribution in [0, 0.1) is 12.1 Å². The molecule has 2 aliphatic heterocycles. The number of hydrogen-bond acceptors (Lipinski definition) is 4. The highest BCUT2D eigenvalue weighted by atomic mass is 16.2. The lowest BCUT2D eigenvalue weighted by Gasteiger charge is -2.33. The average molecular weight is 597 g/mol. The van der Waals surface area contributed by atoms with Gasteiger partial charge in [0.05, 0.1) is 0 Å². The van der Waals surface area contributed by atoms with Gasteiger partial charge >= 0.3 is 0 Å². The number of nitrogens with zero attached hydrogens (tertiary/aromatic N) is 2. The minimum atomic E-state index is -0.361. The van der Waals surface area contributed by atoms with E-state index in [0.717, 1.165) is 43.4 Å². The summed E-state index contributed by atoms with van der Waals surface area (Å²) in [6, 6.07) is 34.9. The molecule has 0 bridgehead atoms. The number of hydrogen-bond donors (Lipinski definition) is 0. The summed E-state index contributed by atoms with van der Waals surface area (Å²) in [6.07, 6.45) is 0. The third-order valence-corrected chi connectivity index (χ3v) is 9.69. The van der Waals surface area contributed by atoms with Crippen molar-refractivity contribution < 1.29 is 19.2 Å². The molecule has 0 aliphatic carbocycles. The molecule has 2 aliphatic rings. The van der Waals surface area contributed by atoms with Crippen molar-refractivity contribution in [2.45, 2.75) is 13.8 Å². The van der Waals surface area contributed by atoms with E-state index in [2.05, 4.69) is 0 Å². The Kier molecular flexibility index (Phi) is 5.37. The minimum absolute atomic E-state index is 0.361. The molecule has 4 amide bonds. The van der Waals surface area contributed by atoms with Gasteiger partial charge in [-0.25, -0.2) is 0 Å². The van der Waals surface area contributed by atoms with Crippen LogP contribution in [0.2, 0.25) is 0 Å². The summed E-state index contributed by atoms with van der Waals surface area (Å²) in [4.78, 5) is 58.5. The molecule has 6 nitrogen and oxygen atoms in total. The van der Waals surface area contributed by atoms with Crippen LogP contribution in [0.25, 0.3) is 43.1 Å². The lowest BCUT2D eigenvalue weighted by molar-refractivity contribution is 0.0617. The molecule has 218 valence electrons. The Morgan fingerprint density at radius 1 is 0.370 bits per heavy atom. The second-order valence-electron chi connectivity index (χ2n) is 11.9. The molecule has 2 heterocycles. The zero-order valence-corrected chi connectivity index (χ0v) is 24.9. The number of amides is 4. The fourth-order valence-corrected chi connectivity index (χ4v) is 7.49. The van der Waals surface area contributed by atoms with Gasteiger partial charge in [0.2, 0.25) is 0 Å². The normalized spacial score (nSPS) is 14.8. The van der Waals surface area contributed by atoms with Crippen LogP contribution in [0.1, 0.15) is 66.4 Å². The number of imide groups is 2. The summed E-state index contributed by atoms with van der Waals surface area (Å²) in [7, 11) is 0. The van der Waals surface area contributed by atoms with E-state index in [0.29, 0.717) is 45.1 Å². The van der Waals surface area contributed by atoms with Gasteiger partial charge in [-0.1, -0.05) is 84.9 Å². The Labute approximate surface area is 263 Å². The molecule has 0 fully saturated rings. The number of carbonyl (C=O) groups excluding carboxylic acids is 4. The highest BCUT2D eigenvalue weighted by Gasteiger charge is 2.40. The van der Waals surface area contributed by atoms with E-state index in [1.807, 2.05) is 84.9 Å². The maximum absolute atomic E-state index is 14.0. The topological polar surface area (TPSA) is 74.8 Å². The Hall–Kier alpha value is -5.88. The summed E-state index contributed by atoms with van der Waals surface area (Å²) in [5, 5.41) is 6.36. The van der Waals surface area contributed by atoms with Gasteiger partial charge in [-0.2, -0.15) is 0 Å². The molecule has 2 radical (unpaired) electrons. The predicted molar refractivity (Wildman–Crippen MR) is 178 cm³/mol. The highest BCUT2D eigenvalue weighted by molar-refractivity contribution is 6.41. The van der Waals surface area contributed by atoms with Crippen LogP contribution < -0.4 is 0 Å². The third-order valence-electron chi connectivity index (χ3n) is 9.69. The van der Waals surface area contributed by atoms with Crippen molar-refractivity contribution in [1.82, 2.24) is 9.80 Å². The Morgan fingerprint density at radius 3 is 0.935 bits per heavy atom. The molecule has 9 rings (SSSR count). The van der Waals surface area contributed by atoms with E-state index < -0.39 is 0 Å². The average Bonchev–Trinajstić information content (AvgIpc) is 3.09. The summed E-state index contributed by atoms with van der Waals surface area (Å²) < 4.78 is 0. The van der Waals surface area contributed by atoms with E-state index in [-0.39, 0.29) is 23.6 Å². The zero-order chi connectivity index (χ0) is 31.4. The molecular formula is C40H24N2O4. The Bertz CT molecular complexity index is 2190. The first-order valence-corrected chi connectivity index (χ1v) is 15.1. The van der Waals surface area contributed by atoms with Gasteiger partial charge in [-0.15, -0.1) is 0 Å². The van der Waals surface area contributed by atoms with Crippen molar-refractivity contribution in [2.24, 2.45) is 0 Å². The minimum Gasteiger partial charge on any atom is -0.269 e. The van der Waals surface area contributed by atoms with Gasteiger partial charge in [0, 0.05) is 33.0 Å². The maximum atomic E-state index is 14.0. The van der Waals surface area contributed by atoms with E-state index in [4.69, 9.17) is 0 Å². The third kappa shape index (κ3) is 3.30. The van der Waals surface area contributed by atoms with Crippen molar-refractivity contribution in [3.05, 3.63) is 155 Å². The van der Waals surface area contributed by atoms with Crippen molar-refractivity contribution in [1.29, 1.82) is 0 Å². The molecule has 0 saturated heterocycles. The second-order valence-corrected chi connectivity index (χ2v) is 11.9. The van der Waals surface area contributed by atoms with E-state index in [9.17, 15) is 19.2 Å². The van der Waals surface area contributed by atoms with E-state index in [1.165, 1.54) is 9.80 Å². The summed E-state index contributed by atoms with van der Waals surface area (Å²) in [6.45, 7) is 3.58. The zero-order valence-electron chi connectivity index (χ0n) is 24.9. The smallest absolute Gasteiger partial charge is 0.262 e. The van der Waals surface area contributed by atoms with E-state index >= 15 is 0 Å². The SMILES string of the molecule is C[C](c1ccccc1)N1C(=O)c2ccc3c4ccc5c6c(ccc(c7ccc(c2c37)C1=O)c64)C(=O)N([C](C)c1ccccc1)C5=O. The lowest BCUT2D eigenvalue weighted by atomic mass is 9.82. The van der Waals surface area contributed by atoms with Crippen molar-refractivity contribution >= 4 is 66.7 Å². The predicted octanol–water partition coefficient (Wildman–Crippen LogP) is 8.13. The standard InChI is InChI=1S/C40H24N2O4/c1-21(23-9-5-3-6-10-23)41-37(43)29-17-13-25-27-15-19-31-36-32(40(46)42(39(31)45)22(2)24-11-7-4-8-12-24)20-16-28(34(27)36)26-14-18-30(38(41)44)35(29)33(25)26/h3-20H,1-2H3. The first kappa shape index (κ1) is 26.5. The Morgan fingerprint density at radius 2 is 0.652 bits per heavy atom. The monoisotopic (exact) mass is 596 g/mol. The van der Waals surface area contributed by atoms with Gasteiger partial charge in [0.15, 0.2) is 0 Å². The van der Waals surface area contributed by atoms with Gasteiger partial charge in [-0.3, -0.25) is 29.0 Å². The van der Waals surface area contributed by atoms with E-state index in [1.54, 1.807) is 38.1 Å². The van der Waals surface area contributed by atoms with Crippen LogP contribution in [0.5, 0.6) is 0 Å². The molecule has 0 aromatic heterocycles. The first-order chi connectivity index (χ1) is 22.4. The number of carbonyl (C=O) groups is 4. The van der Waals surface area contributed by atoms with Gasteiger partial charge in [0.1, 0.15) is 12.1 Å². The summed E-state index contributed by atoms with van der Waals surface area (Å²) in [5.41, 5.74) is 3.46. The van der Waals surface area contributed by atoms with Crippen LogP contribution >= 0.6 is 0 Å². The molecule has 7 aromatic rings. The van der Waals surface area contributed by atoms with Gasteiger partial charge in [0.25, 0.3) is 23.6 Å². The Balaban J connectivity index is 1.26. The van der Waals surface area contributed by atoms with Gasteiger partial charge < -0.3 is 0 Å². The molecule has 7 aromatic carbocycles. The molecule has 46 heavy (non-hydrogen) atoms. The molecule has 6 heteroatoms. The molecule has 0 unspecified atom stereocenters. The van der Waals surface area contributed by atoms with Crippen LogP contribution in [0.3, 0.4) is 0 Å².